The molecule has 1 aromatic rings. The maximum atomic E-state index is 9.80. The van der Waals surface area contributed by atoms with E-state index in [4.69, 9.17) is 10.00 Å². The van der Waals surface area contributed by atoms with Gasteiger partial charge in [-0.1, -0.05) is 18.6 Å². The average molecular weight is 231 g/mol. The molecule has 0 aliphatic heterocycles. The number of rotatable bonds is 3. The fourth-order valence-corrected chi connectivity index (χ4v) is 2.17. The summed E-state index contributed by atoms with van der Waals surface area (Å²) in [5.74, 6) is 0.776. The van der Waals surface area contributed by atoms with Crippen molar-refractivity contribution in [3.8, 4) is 11.8 Å². The molecule has 1 aliphatic carbocycles. The van der Waals surface area contributed by atoms with Crippen LogP contribution in [0.5, 0.6) is 5.75 Å². The average Bonchev–Trinajstić information content (AvgIpc) is 2.35. The molecule has 0 amide bonds. The minimum absolute atomic E-state index is 0.0782. The molecule has 90 valence electrons. The van der Waals surface area contributed by atoms with Gasteiger partial charge in [0.05, 0.1) is 18.6 Å². The summed E-state index contributed by atoms with van der Waals surface area (Å²) in [6.45, 7) is 0. The molecule has 3 heteroatoms. The molecule has 3 nitrogen and oxygen atoms in total. The fourth-order valence-electron chi connectivity index (χ4n) is 2.17. The summed E-state index contributed by atoms with van der Waals surface area (Å²) >= 11 is 0. The highest BCUT2D eigenvalue weighted by Gasteiger charge is 2.24. The predicted octanol–water partition coefficient (Wildman–Crippen LogP) is 2.43. The molecule has 17 heavy (non-hydrogen) atoms. The maximum absolute atomic E-state index is 9.80. The predicted molar refractivity (Wildman–Crippen MR) is 64.6 cm³/mol. The zero-order valence-electron chi connectivity index (χ0n) is 9.80. The largest absolute Gasteiger partial charge is 0.488 e. The van der Waals surface area contributed by atoms with Gasteiger partial charge in [-0.25, -0.2) is 0 Å². The summed E-state index contributed by atoms with van der Waals surface area (Å²) in [5, 5.41) is 18.4. The lowest BCUT2D eigenvalue weighted by Crippen LogP contribution is -2.34. The lowest BCUT2D eigenvalue weighted by Gasteiger charge is -2.28. The van der Waals surface area contributed by atoms with Crippen molar-refractivity contribution in [1.29, 1.82) is 5.26 Å². The van der Waals surface area contributed by atoms with Crippen LogP contribution in [0.15, 0.2) is 24.3 Å². The van der Waals surface area contributed by atoms with Crippen LogP contribution in [-0.2, 0) is 6.42 Å². The Kier molecular flexibility index (Phi) is 4.00. The van der Waals surface area contributed by atoms with Gasteiger partial charge in [-0.2, -0.15) is 5.26 Å². The molecular weight excluding hydrogens is 214 g/mol. The lowest BCUT2D eigenvalue weighted by atomic mass is 9.95. The van der Waals surface area contributed by atoms with Gasteiger partial charge in [0.1, 0.15) is 11.9 Å². The molecule has 1 fully saturated rings. The Morgan fingerprint density at radius 3 is 2.59 bits per heavy atom. The van der Waals surface area contributed by atoms with E-state index >= 15 is 0 Å². The molecule has 0 aromatic heterocycles. The monoisotopic (exact) mass is 231 g/mol. The summed E-state index contributed by atoms with van der Waals surface area (Å²) in [7, 11) is 0. The van der Waals surface area contributed by atoms with Crippen molar-refractivity contribution in [2.75, 3.05) is 0 Å². The van der Waals surface area contributed by atoms with Crippen LogP contribution in [0.25, 0.3) is 0 Å². The topological polar surface area (TPSA) is 53.2 Å². The molecular formula is C14H17NO2. The third-order valence-corrected chi connectivity index (χ3v) is 3.16. The SMILES string of the molecule is N#CCc1ccc(O[C@H]2CCCC[C@@H]2O)cc1. The highest BCUT2D eigenvalue weighted by molar-refractivity contribution is 5.29. The Labute approximate surface area is 102 Å². The fraction of sp³-hybridized carbons (Fsp3) is 0.500. The second-order valence-electron chi connectivity index (χ2n) is 4.49. The van der Waals surface area contributed by atoms with E-state index in [0.717, 1.165) is 37.0 Å². The van der Waals surface area contributed by atoms with Gasteiger partial charge < -0.3 is 9.84 Å². The van der Waals surface area contributed by atoms with E-state index in [1.54, 1.807) is 0 Å². The molecule has 0 saturated heterocycles. The van der Waals surface area contributed by atoms with Crippen molar-refractivity contribution in [2.24, 2.45) is 0 Å². The molecule has 0 radical (unpaired) electrons. The normalized spacial score (nSPS) is 24.0. The van der Waals surface area contributed by atoms with Crippen LogP contribution >= 0.6 is 0 Å². The Hall–Kier alpha value is -1.53. The minimum Gasteiger partial charge on any atom is -0.488 e. The Morgan fingerprint density at radius 1 is 1.24 bits per heavy atom. The first-order chi connectivity index (χ1) is 8.29. The zero-order chi connectivity index (χ0) is 12.1. The van der Waals surface area contributed by atoms with E-state index in [1.807, 2.05) is 24.3 Å². The first kappa shape index (κ1) is 11.9. The van der Waals surface area contributed by atoms with E-state index in [-0.39, 0.29) is 12.2 Å². The van der Waals surface area contributed by atoms with E-state index in [9.17, 15) is 5.11 Å². The summed E-state index contributed by atoms with van der Waals surface area (Å²) in [4.78, 5) is 0. The van der Waals surface area contributed by atoms with Crippen LogP contribution in [0.4, 0.5) is 0 Å². The highest BCUT2D eigenvalue weighted by Crippen LogP contribution is 2.24. The van der Waals surface area contributed by atoms with Crippen molar-refractivity contribution < 1.29 is 9.84 Å². The molecule has 1 aliphatic rings. The molecule has 1 N–H and O–H groups in total. The van der Waals surface area contributed by atoms with Gasteiger partial charge in [0.25, 0.3) is 0 Å². The number of hydrogen-bond donors (Lipinski definition) is 1. The van der Waals surface area contributed by atoms with Crippen LogP contribution in [-0.4, -0.2) is 17.3 Å². The summed E-state index contributed by atoms with van der Waals surface area (Å²) in [6, 6.07) is 9.64. The van der Waals surface area contributed by atoms with E-state index in [2.05, 4.69) is 6.07 Å². The standard InChI is InChI=1S/C14H17NO2/c15-10-9-11-5-7-12(8-6-11)17-14-4-2-1-3-13(14)16/h5-8,13-14,16H,1-4,9H2/t13-,14-/m0/s1. The molecule has 0 unspecified atom stereocenters. The van der Waals surface area contributed by atoms with Crippen LogP contribution in [0.1, 0.15) is 31.2 Å². The molecule has 1 saturated carbocycles. The van der Waals surface area contributed by atoms with Crippen molar-refractivity contribution in [3.63, 3.8) is 0 Å². The summed E-state index contributed by atoms with van der Waals surface area (Å²) in [6.07, 6.45) is 3.95. The van der Waals surface area contributed by atoms with Gasteiger partial charge in [-0.3, -0.25) is 0 Å². The van der Waals surface area contributed by atoms with Crippen molar-refractivity contribution in [3.05, 3.63) is 29.8 Å². The van der Waals surface area contributed by atoms with Crippen LogP contribution in [0, 0.1) is 11.3 Å². The Morgan fingerprint density at radius 2 is 1.94 bits per heavy atom. The number of aliphatic hydroxyl groups excluding tert-OH is 1. The van der Waals surface area contributed by atoms with Crippen molar-refractivity contribution in [1.82, 2.24) is 0 Å². The van der Waals surface area contributed by atoms with Gasteiger partial charge in [-0.15, -0.1) is 0 Å². The summed E-state index contributed by atoms with van der Waals surface area (Å²) < 4.78 is 5.77. The second kappa shape index (κ2) is 5.70. The summed E-state index contributed by atoms with van der Waals surface area (Å²) in [5.41, 5.74) is 0.990. The van der Waals surface area contributed by atoms with Crippen LogP contribution < -0.4 is 4.74 Å². The number of aliphatic hydroxyl groups is 1. The zero-order valence-corrected chi connectivity index (χ0v) is 9.80. The van der Waals surface area contributed by atoms with Gasteiger partial charge in [0.15, 0.2) is 0 Å². The number of benzene rings is 1. The number of nitriles is 1. The molecule has 0 spiro atoms. The molecule has 2 atom stereocenters. The number of hydrogen-bond acceptors (Lipinski definition) is 3. The minimum atomic E-state index is -0.345. The lowest BCUT2D eigenvalue weighted by molar-refractivity contribution is 0.00687. The van der Waals surface area contributed by atoms with E-state index in [1.165, 1.54) is 0 Å². The maximum Gasteiger partial charge on any atom is 0.124 e. The third kappa shape index (κ3) is 3.21. The molecule has 2 rings (SSSR count). The highest BCUT2D eigenvalue weighted by atomic mass is 16.5. The first-order valence-corrected chi connectivity index (χ1v) is 6.10. The third-order valence-electron chi connectivity index (χ3n) is 3.16. The van der Waals surface area contributed by atoms with Crippen LogP contribution in [0.2, 0.25) is 0 Å². The van der Waals surface area contributed by atoms with Crippen molar-refractivity contribution in [2.45, 2.75) is 44.3 Å². The van der Waals surface area contributed by atoms with Gasteiger partial charge in [0, 0.05) is 0 Å². The molecule has 1 aromatic carbocycles. The van der Waals surface area contributed by atoms with E-state index < -0.39 is 0 Å². The molecule has 0 bridgehead atoms. The molecule has 0 heterocycles. The Bertz CT molecular complexity index is 394. The number of nitrogens with zero attached hydrogens (tertiary/aromatic N) is 1. The second-order valence-corrected chi connectivity index (χ2v) is 4.49. The van der Waals surface area contributed by atoms with Crippen LogP contribution in [0.3, 0.4) is 0 Å². The smallest absolute Gasteiger partial charge is 0.124 e. The Balaban J connectivity index is 1.96. The number of ether oxygens (including phenoxy) is 1. The van der Waals surface area contributed by atoms with Gasteiger partial charge in [-0.05, 0) is 37.0 Å². The van der Waals surface area contributed by atoms with E-state index in [0.29, 0.717) is 6.42 Å². The quantitative estimate of drug-likeness (QED) is 0.869. The van der Waals surface area contributed by atoms with Gasteiger partial charge >= 0.3 is 0 Å². The first-order valence-electron chi connectivity index (χ1n) is 6.10. The van der Waals surface area contributed by atoms with Crippen molar-refractivity contribution >= 4 is 0 Å². The van der Waals surface area contributed by atoms with Gasteiger partial charge in [0.2, 0.25) is 0 Å².